The van der Waals surface area contributed by atoms with Crippen molar-refractivity contribution in [3.05, 3.63) is 78.4 Å². The molecule has 1 unspecified atom stereocenters. The zero-order chi connectivity index (χ0) is 25.5. The van der Waals surface area contributed by atoms with Crippen molar-refractivity contribution in [2.24, 2.45) is 0 Å². The number of carbonyl (C=O) groups excluding carboxylic acids is 1. The van der Waals surface area contributed by atoms with Crippen LogP contribution in [0.3, 0.4) is 0 Å². The molecule has 1 saturated carbocycles. The largest absolute Gasteiger partial charge is 0.481 e. The summed E-state index contributed by atoms with van der Waals surface area (Å²) in [6.45, 7) is 1.26. The van der Waals surface area contributed by atoms with E-state index in [2.05, 4.69) is 4.72 Å². The maximum absolute atomic E-state index is 13.4. The summed E-state index contributed by atoms with van der Waals surface area (Å²) in [5, 5.41) is 11.0. The minimum atomic E-state index is -4.13. The van der Waals surface area contributed by atoms with Crippen LogP contribution in [0.25, 0.3) is 10.8 Å². The van der Waals surface area contributed by atoms with E-state index in [1.807, 2.05) is 42.5 Å². The van der Waals surface area contributed by atoms with E-state index in [1.165, 1.54) is 12.1 Å². The Morgan fingerprint density at radius 3 is 2.39 bits per heavy atom. The zero-order valence-electron chi connectivity index (χ0n) is 19.9. The van der Waals surface area contributed by atoms with Crippen LogP contribution < -0.4 is 4.72 Å². The maximum Gasteiger partial charge on any atom is 0.305 e. The second kappa shape index (κ2) is 11.6. The Labute approximate surface area is 210 Å². The van der Waals surface area contributed by atoms with Gasteiger partial charge in [-0.25, -0.2) is 8.42 Å². The Kier molecular flexibility index (Phi) is 8.35. The van der Waals surface area contributed by atoms with Gasteiger partial charge in [0.05, 0.1) is 17.9 Å². The van der Waals surface area contributed by atoms with Gasteiger partial charge in [0.2, 0.25) is 15.9 Å². The van der Waals surface area contributed by atoms with Crippen LogP contribution in [0.5, 0.6) is 0 Å². The van der Waals surface area contributed by atoms with Gasteiger partial charge < -0.3 is 14.7 Å². The van der Waals surface area contributed by atoms with Crippen molar-refractivity contribution >= 4 is 32.7 Å². The summed E-state index contributed by atoms with van der Waals surface area (Å²) in [6.07, 6.45) is 1.55. The van der Waals surface area contributed by atoms with E-state index >= 15 is 0 Å². The molecule has 0 saturated heterocycles. The lowest BCUT2D eigenvalue weighted by Gasteiger charge is -2.27. The highest BCUT2D eigenvalue weighted by atomic mass is 32.2. The molecule has 3 aromatic rings. The summed E-state index contributed by atoms with van der Waals surface area (Å²) in [5.74, 6) is -1.77. The highest BCUT2D eigenvalue weighted by molar-refractivity contribution is 7.89. The van der Waals surface area contributed by atoms with Crippen molar-refractivity contribution in [3.63, 3.8) is 0 Å². The van der Waals surface area contributed by atoms with E-state index in [1.54, 1.807) is 23.1 Å². The molecule has 0 aromatic heterocycles. The minimum Gasteiger partial charge on any atom is -0.481 e. The number of carboxylic acids is 1. The number of ether oxygens (including phenoxy) is 1. The van der Waals surface area contributed by atoms with Crippen molar-refractivity contribution in [2.45, 2.75) is 49.3 Å². The van der Waals surface area contributed by atoms with Crippen LogP contribution in [0, 0.1) is 0 Å². The first-order valence-electron chi connectivity index (χ1n) is 12.0. The van der Waals surface area contributed by atoms with Crippen molar-refractivity contribution in [2.75, 3.05) is 13.2 Å². The van der Waals surface area contributed by atoms with Crippen molar-refractivity contribution < 1.29 is 27.9 Å². The molecular formula is C27H30N2O6S. The minimum absolute atomic E-state index is 0.00640. The van der Waals surface area contributed by atoms with Crippen LogP contribution in [-0.2, 0) is 31.0 Å². The van der Waals surface area contributed by atoms with Gasteiger partial charge in [-0.15, -0.1) is 0 Å². The quantitative estimate of drug-likeness (QED) is 0.340. The van der Waals surface area contributed by atoms with Crippen molar-refractivity contribution in [3.8, 4) is 0 Å². The molecule has 1 atom stereocenters. The molecule has 4 rings (SSSR count). The van der Waals surface area contributed by atoms with Gasteiger partial charge in [0.15, 0.2) is 0 Å². The lowest BCUT2D eigenvalue weighted by atomic mass is 10.1. The van der Waals surface area contributed by atoms with Crippen molar-refractivity contribution in [1.29, 1.82) is 0 Å². The predicted molar refractivity (Wildman–Crippen MR) is 136 cm³/mol. The number of rotatable bonds is 13. The first-order chi connectivity index (χ1) is 17.3. The summed E-state index contributed by atoms with van der Waals surface area (Å²) >= 11 is 0. The first kappa shape index (κ1) is 25.8. The van der Waals surface area contributed by atoms with Crippen LogP contribution in [0.15, 0.2) is 77.7 Å². The van der Waals surface area contributed by atoms with E-state index in [9.17, 15) is 23.1 Å². The summed E-state index contributed by atoms with van der Waals surface area (Å²) in [6, 6.07) is 20.3. The molecule has 1 aliphatic carbocycles. The number of carbonyl (C=O) groups is 2. The average Bonchev–Trinajstić information content (AvgIpc) is 3.70. The lowest BCUT2D eigenvalue weighted by molar-refractivity contribution is -0.142. The van der Waals surface area contributed by atoms with Gasteiger partial charge in [0.1, 0.15) is 6.04 Å². The highest BCUT2D eigenvalue weighted by Gasteiger charge is 2.38. The van der Waals surface area contributed by atoms with E-state index in [4.69, 9.17) is 4.74 Å². The maximum atomic E-state index is 13.4. The molecule has 0 radical (unpaired) electrons. The SMILES string of the molecule is O=C(O)CC(NS(=O)(=O)c1ccc2ccccc2c1)C(=O)N(CCCOCc1ccccc1)C1CC1. The van der Waals surface area contributed by atoms with E-state index in [0.717, 1.165) is 29.2 Å². The fraction of sp³-hybridized carbons (Fsp3) is 0.333. The molecule has 0 spiro atoms. The van der Waals surface area contributed by atoms with Crippen LogP contribution in [0.1, 0.15) is 31.2 Å². The lowest BCUT2D eigenvalue weighted by Crippen LogP contribution is -2.50. The van der Waals surface area contributed by atoms with Gasteiger partial charge in [-0.1, -0.05) is 60.7 Å². The Morgan fingerprint density at radius 1 is 1.00 bits per heavy atom. The van der Waals surface area contributed by atoms with Gasteiger partial charge in [0, 0.05) is 19.2 Å². The number of hydrogen-bond acceptors (Lipinski definition) is 5. The van der Waals surface area contributed by atoms with E-state index < -0.39 is 34.4 Å². The van der Waals surface area contributed by atoms with E-state index in [-0.39, 0.29) is 10.9 Å². The van der Waals surface area contributed by atoms with Crippen LogP contribution >= 0.6 is 0 Å². The second-order valence-electron chi connectivity index (χ2n) is 8.94. The molecule has 9 heteroatoms. The molecule has 1 fully saturated rings. The Hall–Kier alpha value is -3.27. The fourth-order valence-corrected chi connectivity index (χ4v) is 5.33. The predicted octanol–water partition coefficient (Wildman–Crippen LogP) is 3.56. The molecule has 1 amide bonds. The second-order valence-corrected chi connectivity index (χ2v) is 10.6. The number of benzene rings is 3. The van der Waals surface area contributed by atoms with Crippen LogP contribution in [0.2, 0.25) is 0 Å². The first-order valence-corrected chi connectivity index (χ1v) is 13.5. The summed E-state index contributed by atoms with van der Waals surface area (Å²) in [4.78, 5) is 26.5. The molecule has 1 aliphatic rings. The molecule has 3 aromatic carbocycles. The third kappa shape index (κ3) is 6.90. The van der Waals surface area contributed by atoms with E-state index in [0.29, 0.717) is 26.2 Å². The van der Waals surface area contributed by atoms with Gasteiger partial charge in [0.25, 0.3) is 0 Å². The molecule has 0 bridgehead atoms. The molecule has 190 valence electrons. The number of fused-ring (bicyclic) bond motifs is 1. The number of sulfonamides is 1. The zero-order valence-corrected chi connectivity index (χ0v) is 20.7. The van der Waals surface area contributed by atoms with Crippen molar-refractivity contribution in [1.82, 2.24) is 9.62 Å². The van der Waals surface area contributed by atoms with Crippen LogP contribution in [-0.4, -0.2) is 55.5 Å². The van der Waals surface area contributed by atoms with Gasteiger partial charge in [-0.3, -0.25) is 9.59 Å². The molecular weight excluding hydrogens is 480 g/mol. The highest BCUT2D eigenvalue weighted by Crippen LogP contribution is 2.28. The normalized spacial score (nSPS) is 14.4. The van der Waals surface area contributed by atoms with Gasteiger partial charge in [-0.05, 0) is 47.7 Å². The third-order valence-electron chi connectivity index (χ3n) is 6.08. The summed E-state index contributed by atoms with van der Waals surface area (Å²) in [7, 11) is -4.13. The molecule has 8 nitrogen and oxygen atoms in total. The number of nitrogens with zero attached hydrogens (tertiary/aromatic N) is 1. The average molecular weight is 511 g/mol. The Bertz CT molecular complexity index is 1310. The third-order valence-corrected chi connectivity index (χ3v) is 7.54. The number of amides is 1. The Balaban J connectivity index is 1.41. The summed E-state index contributed by atoms with van der Waals surface area (Å²) in [5.41, 5.74) is 1.05. The number of hydrogen-bond donors (Lipinski definition) is 2. The Morgan fingerprint density at radius 2 is 1.69 bits per heavy atom. The standard InChI is InChI=1S/C27H30N2O6S/c30-26(31)18-25(28-36(33,34)24-14-11-21-9-4-5-10-22(21)17-24)27(32)29(23-12-13-23)15-6-16-35-19-20-7-2-1-3-8-20/h1-5,7-11,14,17,23,25,28H,6,12-13,15-16,18-19H2,(H,30,31). The topological polar surface area (TPSA) is 113 Å². The van der Waals surface area contributed by atoms with Gasteiger partial charge in [-0.2, -0.15) is 4.72 Å². The molecule has 2 N–H and O–H groups in total. The number of carboxylic acid groups (broad SMARTS) is 1. The van der Waals surface area contributed by atoms with Crippen LogP contribution in [0.4, 0.5) is 0 Å². The monoisotopic (exact) mass is 510 g/mol. The smallest absolute Gasteiger partial charge is 0.305 e. The van der Waals surface area contributed by atoms with Gasteiger partial charge >= 0.3 is 5.97 Å². The number of nitrogens with one attached hydrogen (secondary N) is 1. The fourth-order valence-electron chi connectivity index (χ4n) is 4.10. The molecule has 0 aliphatic heterocycles. The summed E-state index contributed by atoms with van der Waals surface area (Å²) < 4.78 is 34.3. The number of aliphatic carboxylic acids is 1. The molecule has 0 heterocycles. The molecule has 36 heavy (non-hydrogen) atoms.